The summed E-state index contributed by atoms with van der Waals surface area (Å²) in [6.07, 6.45) is 17.5. The number of allylic oxidation sites excluding steroid dienone is 9. The Hall–Kier alpha value is -3.16. The quantitative estimate of drug-likeness (QED) is 0.107. The van der Waals surface area contributed by atoms with E-state index < -0.39 is 53.6 Å². The number of carboxylic acid groups (broad SMARTS) is 1. The van der Waals surface area contributed by atoms with Crippen LogP contribution >= 0.6 is 0 Å². The predicted octanol–water partition coefficient (Wildman–Crippen LogP) is 3.28. The van der Waals surface area contributed by atoms with Crippen LogP contribution in [0.15, 0.2) is 84.6 Å². The van der Waals surface area contributed by atoms with Crippen LogP contribution in [0.1, 0.15) is 53.9 Å². The number of nitrogens with one attached hydrogen (secondary N) is 1. The van der Waals surface area contributed by atoms with Gasteiger partial charge in [-0.05, 0) is 32.8 Å². The first-order valence-electron chi connectivity index (χ1n) is 16.0. The number of carbonyl (C=O) groups excluding carboxylic acids is 1. The van der Waals surface area contributed by atoms with Crippen molar-refractivity contribution in [1.29, 1.82) is 0 Å². The first-order valence-corrected chi connectivity index (χ1v) is 16.0. The average Bonchev–Trinajstić information content (AvgIpc) is 3.38. The molecule has 2 heterocycles. The Morgan fingerprint density at radius 1 is 1.06 bits per heavy atom. The second-order valence-electron chi connectivity index (χ2n) is 12.2. The molecule has 0 aromatic carbocycles. The largest absolute Gasteiger partial charge is 0.478 e. The van der Waals surface area contributed by atoms with E-state index in [-0.39, 0.29) is 37.5 Å². The molecule has 10 atom stereocenters. The van der Waals surface area contributed by atoms with Crippen LogP contribution in [0.25, 0.3) is 0 Å². The molecule has 0 saturated carbocycles. The number of rotatable bonds is 16. The molecule has 0 radical (unpaired) electrons. The Bertz CT molecular complexity index is 1230. The van der Waals surface area contributed by atoms with E-state index in [2.05, 4.69) is 5.32 Å². The highest BCUT2D eigenvalue weighted by Crippen LogP contribution is 2.40. The molecule has 0 aromatic rings. The van der Waals surface area contributed by atoms with E-state index in [4.69, 9.17) is 19.3 Å². The van der Waals surface area contributed by atoms with Crippen LogP contribution in [-0.4, -0.2) is 99.1 Å². The molecular formula is C36H53NO10. The molecule has 47 heavy (non-hydrogen) atoms. The molecule has 0 aromatic heterocycles. The van der Waals surface area contributed by atoms with Gasteiger partial charge in [-0.1, -0.05) is 86.8 Å². The van der Waals surface area contributed by atoms with Crippen molar-refractivity contribution in [3.05, 3.63) is 84.6 Å². The summed E-state index contributed by atoms with van der Waals surface area (Å²) in [4.78, 5) is 23.7. The molecule has 2 rings (SSSR count). The summed E-state index contributed by atoms with van der Waals surface area (Å²) < 4.78 is 17.7. The Labute approximate surface area is 278 Å². The normalized spacial score (nSPS) is 32.8. The van der Waals surface area contributed by atoms with Crippen molar-refractivity contribution in [3.8, 4) is 0 Å². The van der Waals surface area contributed by atoms with Crippen molar-refractivity contribution in [2.75, 3.05) is 13.7 Å². The van der Waals surface area contributed by atoms with Crippen LogP contribution in [0.5, 0.6) is 0 Å². The molecule has 2 saturated heterocycles. The summed E-state index contributed by atoms with van der Waals surface area (Å²) in [5.74, 6) is -4.52. The molecule has 1 amide bonds. The van der Waals surface area contributed by atoms with Crippen LogP contribution < -0.4 is 5.32 Å². The molecule has 2 aliphatic rings. The van der Waals surface area contributed by atoms with Gasteiger partial charge < -0.3 is 45.1 Å². The molecule has 2 aliphatic heterocycles. The number of ether oxygens (including phenoxy) is 3. The minimum absolute atomic E-state index is 0.0826. The zero-order valence-corrected chi connectivity index (χ0v) is 28.2. The van der Waals surface area contributed by atoms with E-state index >= 15 is 0 Å². The molecule has 0 aliphatic carbocycles. The maximum Gasteiger partial charge on any atom is 0.328 e. The van der Waals surface area contributed by atoms with Crippen LogP contribution in [0, 0.1) is 11.8 Å². The van der Waals surface area contributed by atoms with Crippen molar-refractivity contribution in [1.82, 2.24) is 5.32 Å². The average molecular weight is 660 g/mol. The van der Waals surface area contributed by atoms with E-state index in [1.165, 1.54) is 13.0 Å². The summed E-state index contributed by atoms with van der Waals surface area (Å²) in [7, 11) is 1.61. The van der Waals surface area contributed by atoms with Gasteiger partial charge in [0.05, 0.1) is 30.3 Å². The summed E-state index contributed by atoms with van der Waals surface area (Å²) in [5.41, 5.74) is -0.727. The number of amides is 1. The lowest BCUT2D eigenvalue weighted by Gasteiger charge is -2.49. The van der Waals surface area contributed by atoms with Crippen LogP contribution in [-0.2, 0) is 23.8 Å². The maximum absolute atomic E-state index is 13.1. The Morgan fingerprint density at radius 2 is 1.74 bits per heavy atom. The fourth-order valence-electron chi connectivity index (χ4n) is 5.85. The van der Waals surface area contributed by atoms with Gasteiger partial charge in [0.15, 0.2) is 5.79 Å². The number of carbonyl (C=O) groups is 2. The number of aliphatic carboxylic acids is 1. The Morgan fingerprint density at radius 3 is 2.38 bits per heavy atom. The van der Waals surface area contributed by atoms with Gasteiger partial charge in [0.1, 0.15) is 17.8 Å². The fraction of sp³-hybridized carbons (Fsp3) is 0.556. The Kier molecular flexibility index (Phi) is 16.2. The van der Waals surface area contributed by atoms with Gasteiger partial charge in [-0.15, -0.1) is 0 Å². The van der Waals surface area contributed by atoms with Gasteiger partial charge in [-0.2, -0.15) is 0 Å². The first kappa shape index (κ1) is 40.0. The molecule has 0 spiro atoms. The molecular weight excluding hydrogens is 606 g/mol. The van der Waals surface area contributed by atoms with E-state index in [1.54, 1.807) is 74.8 Å². The third-order valence-electron chi connectivity index (χ3n) is 8.64. The van der Waals surface area contributed by atoms with Crippen molar-refractivity contribution in [2.45, 2.75) is 102 Å². The van der Waals surface area contributed by atoms with Crippen LogP contribution in [0.3, 0.4) is 0 Å². The molecule has 262 valence electrons. The summed E-state index contributed by atoms with van der Waals surface area (Å²) in [6, 6.07) is 0. The van der Waals surface area contributed by atoms with Gasteiger partial charge in [-0.3, -0.25) is 4.79 Å². The minimum atomic E-state index is -1.98. The van der Waals surface area contributed by atoms with Gasteiger partial charge in [-0.25, -0.2) is 4.79 Å². The van der Waals surface area contributed by atoms with Crippen molar-refractivity contribution in [2.24, 2.45) is 11.8 Å². The second-order valence-corrected chi connectivity index (χ2v) is 12.2. The lowest BCUT2D eigenvalue weighted by molar-refractivity contribution is -0.329. The molecule has 11 nitrogen and oxygen atoms in total. The molecule has 0 unspecified atom stereocenters. The minimum Gasteiger partial charge on any atom is -0.478 e. The van der Waals surface area contributed by atoms with Crippen molar-refractivity contribution in [3.63, 3.8) is 0 Å². The zero-order valence-electron chi connectivity index (χ0n) is 28.2. The predicted molar refractivity (Wildman–Crippen MR) is 179 cm³/mol. The van der Waals surface area contributed by atoms with E-state index in [0.717, 1.165) is 11.6 Å². The molecule has 2 fully saturated rings. The first-order chi connectivity index (χ1) is 22.2. The van der Waals surface area contributed by atoms with Crippen molar-refractivity contribution >= 4 is 11.9 Å². The summed E-state index contributed by atoms with van der Waals surface area (Å²) in [5, 5.41) is 54.8. The smallest absolute Gasteiger partial charge is 0.328 e. The third kappa shape index (κ3) is 11.5. The number of aliphatic hydroxyl groups is 4. The van der Waals surface area contributed by atoms with E-state index in [9.17, 15) is 30.0 Å². The van der Waals surface area contributed by atoms with Crippen LogP contribution in [0.4, 0.5) is 0 Å². The Balaban J connectivity index is 1.97. The zero-order chi connectivity index (χ0) is 35.2. The number of hydrogen-bond donors (Lipinski definition) is 6. The monoisotopic (exact) mass is 659 g/mol. The standard InChI is InChI=1S/C36H53NO10/c1-7-9-12-19-31-35(5,43)30(39)23-36(44,47-31)26(8-2)34(42)37-21-16-15-17-24(3)33(45-6)25(4)29-22-27(38)28(46-29)18-13-10-11-14-20-32(40)41/h7,9-20,25-31,33,38-39,43-44H,8,21-23H2,1-6H3,(H,37,42)(H,40,41)/b9-7+,11-10+,16-15+,18-13+,19-12+,20-14+,24-17+/t25-,26-,27+,28+,29+,30-,31+,33+,35+,36+/m1/s1. The second kappa shape index (κ2) is 19.0. The fourth-order valence-corrected chi connectivity index (χ4v) is 5.85. The number of methoxy groups -OCH3 is 1. The summed E-state index contributed by atoms with van der Waals surface area (Å²) in [6.45, 7) is 9.11. The van der Waals surface area contributed by atoms with E-state index in [0.29, 0.717) is 6.42 Å². The van der Waals surface area contributed by atoms with Crippen molar-refractivity contribution < 1.29 is 49.3 Å². The lowest BCUT2D eigenvalue weighted by atomic mass is 9.79. The SMILES string of the molecule is C/C=C/C=C/[C@@H]1O[C@](O)([C@H](CC)C(=O)NC/C=C/C=C(\C)[C@H](OC)[C@H](C)[C@@H]2C[C@H](O)[C@H](/C=C/C=C/C=C/C(=O)O)O2)C[C@@H](O)[C@]1(C)O. The van der Waals surface area contributed by atoms with Crippen LogP contribution in [0.2, 0.25) is 0 Å². The van der Waals surface area contributed by atoms with Gasteiger partial charge >= 0.3 is 5.97 Å². The van der Waals surface area contributed by atoms with Gasteiger partial charge in [0.25, 0.3) is 0 Å². The third-order valence-corrected chi connectivity index (χ3v) is 8.64. The highest BCUT2D eigenvalue weighted by atomic mass is 16.6. The van der Waals surface area contributed by atoms with Gasteiger partial charge in [0.2, 0.25) is 5.91 Å². The maximum atomic E-state index is 13.1. The van der Waals surface area contributed by atoms with E-state index in [1.807, 2.05) is 26.8 Å². The number of hydrogen-bond acceptors (Lipinski definition) is 9. The molecule has 11 heteroatoms. The lowest BCUT2D eigenvalue weighted by Crippen LogP contribution is -2.64. The summed E-state index contributed by atoms with van der Waals surface area (Å²) >= 11 is 0. The molecule has 6 N–H and O–H groups in total. The topological polar surface area (TPSA) is 175 Å². The van der Waals surface area contributed by atoms with Gasteiger partial charge in [0, 0.05) is 38.5 Å². The highest BCUT2D eigenvalue weighted by Gasteiger charge is 2.55. The number of carboxylic acids is 1. The number of aliphatic hydroxyl groups excluding tert-OH is 2. The molecule has 0 bridgehead atoms. The highest BCUT2D eigenvalue weighted by molar-refractivity contribution is 5.80.